The summed E-state index contributed by atoms with van der Waals surface area (Å²) in [7, 11) is 0. The number of amides is 1. The van der Waals surface area contributed by atoms with Crippen molar-refractivity contribution in [2.75, 3.05) is 5.32 Å². The summed E-state index contributed by atoms with van der Waals surface area (Å²) in [6.45, 7) is 1.88. The van der Waals surface area contributed by atoms with Crippen LogP contribution in [0.15, 0.2) is 12.1 Å². The van der Waals surface area contributed by atoms with Crippen LogP contribution in [-0.4, -0.2) is 18.0 Å². The van der Waals surface area contributed by atoms with Crippen LogP contribution in [-0.2, 0) is 11.2 Å². The molecule has 2 unspecified atom stereocenters. The van der Waals surface area contributed by atoms with Crippen LogP contribution in [0.5, 0.6) is 0 Å². The number of anilines is 1. The van der Waals surface area contributed by atoms with Gasteiger partial charge in [-0.2, -0.15) is 0 Å². The van der Waals surface area contributed by atoms with Crippen molar-refractivity contribution in [2.45, 2.75) is 70.4 Å². The Morgan fingerprint density at radius 2 is 1.83 bits per heavy atom. The number of carbonyl (C=O) groups is 1. The number of benzene rings is 1. The SMILES string of the molecule is Cc1cc(F)c2c(c1)NC(C(=O)NC(C1CCCC1)C1CCC1)C2. The maximum atomic E-state index is 14.1. The molecule has 3 nitrogen and oxygen atoms in total. The lowest BCUT2D eigenvalue weighted by Crippen LogP contribution is -2.51. The second-order valence-corrected chi connectivity index (χ2v) is 7.94. The van der Waals surface area contributed by atoms with Gasteiger partial charge in [0.1, 0.15) is 11.9 Å². The minimum absolute atomic E-state index is 0.0482. The molecule has 2 atom stereocenters. The molecule has 2 fully saturated rings. The lowest BCUT2D eigenvalue weighted by molar-refractivity contribution is -0.123. The molecule has 1 aromatic rings. The number of hydrogen-bond donors (Lipinski definition) is 2. The predicted molar refractivity (Wildman–Crippen MR) is 93.5 cm³/mol. The van der Waals surface area contributed by atoms with Crippen molar-refractivity contribution in [3.05, 3.63) is 29.1 Å². The molecule has 1 aliphatic heterocycles. The molecule has 0 aromatic heterocycles. The molecule has 2 saturated carbocycles. The molecule has 1 heterocycles. The first-order chi connectivity index (χ1) is 11.6. The molecule has 2 aliphatic carbocycles. The van der Waals surface area contributed by atoms with Gasteiger partial charge in [-0.3, -0.25) is 4.79 Å². The Morgan fingerprint density at radius 1 is 1.17 bits per heavy atom. The van der Waals surface area contributed by atoms with Crippen molar-refractivity contribution in [1.82, 2.24) is 5.32 Å². The molecule has 2 N–H and O–H groups in total. The maximum absolute atomic E-state index is 14.1. The average Bonchev–Trinajstić information content (AvgIpc) is 3.13. The minimum atomic E-state index is -0.333. The van der Waals surface area contributed by atoms with Crippen molar-refractivity contribution >= 4 is 11.6 Å². The Labute approximate surface area is 143 Å². The van der Waals surface area contributed by atoms with Crippen molar-refractivity contribution in [3.63, 3.8) is 0 Å². The predicted octanol–water partition coefficient (Wildman–Crippen LogP) is 3.95. The number of nitrogens with one attached hydrogen (secondary N) is 2. The third kappa shape index (κ3) is 2.91. The Balaban J connectivity index is 1.45. The van der Waals surface area contributed by atoms with Gasteiger partial charge in [-0.1, -0.05) is 19.3 Å². The molecule has 4 heteroatoms. The molecule has 3 aliphatic rings. The zero-order valence-electron chi connectivity index (χ0n) is 14.4. The molecule has 24 heavy (non-hydrogen) atoms. The second-order valence-electron chi connectivity index (χ2n) is 7.94. The fraction of sp³-hybridized carbons (Fsp3) is 0.650. The summed E-state index contributed by atoms with van der Waals surface area (Å²) in [5.74, 6) is 1.15. The zero-order valence-corrected chi connectivity index (χ0v) is 14.4. The van der Waals surface area contributed by atoms with Gasteiger partial charge in [-0.05, 0) is 62.1 Å². The summed E-state index contributed by atoms with van der Waals surface area (Å²) in [6, 6.07) is 3.48. The van der Waals surface area contributed by atoms with Gasteiger partial charge in [0, 0.05) is 23.7 Å². The van der Waals surface area contributed by atoms with E-state index in [9.17, 15) is 9.18 Å². The highest BCUT2D eigenvalue weighted by Gasteiger charge is 2.38. The van der Waals surface area contributed by atoms with E-state index in [1.807, 2.05) is 13.0 Å². The number of hydrogen-bond acceptors (Lipinski definition) is 2. The van der Waals surface area contributed by atoms with Crippen molar-refractivity contribution < 1.29 is 9.18 Å². The molecule has 0 radical (unpaired) electrons. The third-order valence-corrected chi connectivity index (χ3v) is 6.27. The quantitative estimate of drug-likeness (QED) is 0.878. The van der Waals surface area contributed by atoms with Crippen LogP contribution in [0.1, 0.15) is 56.1 Å². The highest BCUT2D eigenvalue weighted by molar-refractivity contribution is 5.87. The molecule has 4 rings (SSSR count). The Bertz CT molecular complexity index is 635. The molecule has 1 amide bonds. The fourth-order valence-corrected chi connectivity index (χ4v) is 4.71. The van der Waals surface area contributed by atoms with Crippen LogP contribution in [0, 0.1) is 24.6 Å². The molecular formula is C20H27FN2O. The van der Waals surface area contributed by atoms with E-state index in [2.05, 4.69) is 10.6 Å². The van der Waals surface area contributed by atoms with Gasteiger partial charge in [-0.15, -0.1) is 0 Å². The van der Waals surface area contributed by atoms with E-state index in [0.717, 1.165) is 11.3 Å². The second kappa shape index (κ2) is 6.38. The molecule has 0 saturated heterocycles. The normalized spacial score (nSPS) is 25.0. The number of rotatable bonds is 4. The summed E-state index contributed by atoms with van der Waals surface area (Å²) >= 11 is 0. The highest BCUT2D eigenvalue weighted by Crippen LogP contribution is 2.39. The van der Waals surface area contributed by atoms with E-state index in [0.29, 0.717) is 29.9 Å². The van der Waals surface area contributed by atoms with Crippen molar-refractivity contribution in [3.8, 4) is 0 Å². The first-order valence-corrected chi connectivity index (χ1v) is 9.48. The van der Waals surface area contributed by atoms with Gasteiger partial charge < -0.3 is 10.6 Å². The number of halogens is 1. The summed E-state index contributed by atoms with van der Waals surface area (Å²) in [6.07, 6.45) is 9.31. The van der Waals surface area contributed by atoms with E-state index in [1.54, 1.807) is 6.07 Å². The fourth-order valence-electron chi connectivity index (χ4n) is 4.71. The standard InChI is InChI=1S/C20H27FN2O/c1-12-9-16(21)15-11-18(22-17(15)10-12)20(24)23-19(14-7-4-8-14)13-5-2-3-6-13/h9-10,13-14,18-19,22H,2-8,11H2,1H3,(H,23,24). The van der Waals surface area contributed by atoms with E-state index in [1.165, 1.54) is 44.9 Å². The summed E-state index contributed by atoms with van der Waals surface area (Å²) in [5, 5.41) is 6.58. The Hall–Kier alpha value is -1.58. The average molecular weight is 330 g/mol. The Kier molecular flexibility index (Phi) is 4.23. The topological polar surface area (TPSA) is 41.1 Å². The smallest absolute Gasteiger partial charge is 0.243 e. The summed E-state index contributed by atoms with van der Waals surface area (Å²) < 4.78 is 14.1. The molecule has 1 aromatic carbocycles. The van der Waals surface area contributed by atoms with E-state index < -0.39 is 0 Å². The van der Waals surface area contributed by atoms with Crippen LogP contribution in [0.2, 0.25) is 0 Å². The summed E-state index contributed by atoms with van der Waals surface area (Å²) in [5.41, 5.74) is 2.33. The van der Waals surface area contributed by atoms with Crippen LogP contribution >= 0.6 is 0 Å². The van der Waals surface area contributed by atoms with E-state index in [4.69, 9.17) is 0 Å². The lowest BCUT2D eigenvalue weighted by atomic mass is 9.74. The van der Waals surface area contributed by atoms with Crippen LogP contribution < -0.4 is 10.6 Å². The van der Waals surface area contributed by atoms with Gasteiger partial charge in [0.2, 0.25) is 5.91 Å². The Morgan fingerprint density at radius 3 is 2.46 bits per heavy atom. The first-order valence-electron chi connectivity index (χ1n) is 9.48. The van der Waals surface area contributed by atoms with Crippen LogP contribution in [0.25, 0.3) is 0 Å². The number of aryl methyl sites for hydroxylation is 1. The monoisotopic (exact) mass is 330 g/mol. The molecule has 0 spiro atoms. The zero-order chi connectivity index (χ0) is 16.7. The number of carbonyl (C=O) groups excluding carboxylic acids is 1. The summed E-state index contributed by atoms with van der Waals surface area (Å²) in [4.78, 5) is 12.8. The van der Waals surface area contributed by atoms with Crippen LogP contribution in [0.3, 0.4) is 0 Å². The third-order valence-electron chi connectivity index (χ3n) is 6.27. The molecule has 130 valence electrons. The van der Waals surface area contributed by atoms with Gasteiger partial charge in [-0.25, -0.2) is 4.39 Å². The highest BCUT2D eigenvalue weighted by atomic mass is 19.1. The first kappa shape index (κ1) is 15.9. The number of fused-ring (bicyclic) bond motifs is 1. The van der Waals surface area contributed by atoms with Crippen LogP contribution in [0.4, 0.5) is 10.1 Å². The van der Waals surface area contributed by atoms with Gasteiger partial charge in [0.05, 0.1) is 0 Å². The largest absolute Gasteiger partial charge is 0.373 e. The van der Waals surface area contributed by atoms with Gasteiger partial charge in [0.15, 0.2) is 0 Å². The lowest BCUT2D eigenvalue weighted by Gasteiger charge is -2.38. The van der Waals surface area contributed by atoms with Gasteiger partial charge in [0.25, 0.3) is 0 Å². The van der Waals surface area contributed by atoms with Crippen molar-refractivity contribution in [1.29, 1.82) is 0 Å². The minimum Gasteiger partial charge on any atom is -0.373 e. The van der Waals surface area contributed by atoms with E-state index >= 15 is 0 Å². The molecule has 0 bridgehead atoms. The maximum Gasteiger partial charge on any atom is 0.243 e. The van der Waals surface area contributed by atoms with Gasteiger partial charge >= 0.3 is 0 Å². The van der Waals surface area contributed by atoms with Crippen molar-refractivity contribution in [2.24, 2.45) is 11.8 Å². The molecular weight excluding hydrogens is 303 g/mol. The van der Waals surface area contributed by atoms with E-state index in [-0.39, 0.29) is 17.8 Å².